The van der Waals surface area contributed by atoms with Crippen molar-refractivity contribution in [3.8, 4) is 11.4 Å². The number of halogens is 2. The van der Waals surface area contributed by atoms with Gasteiger partial charge < -0.3 is 19.5 Å². The number of morpholine rings is 1. The average Bonchev–Trinajstić information content (AvgIpc) is 3.26. The summed E-state index contributed by atoms with van der Waals surface area (Å²) >= 11 is 0. The molecule has 0 bridgehead atoms. The van der Waals surface area contributed by atoms with Gasteiger partial charge in [0, 0.05) is 49.8 Å². The Morgan fingerprint density at radius 3 is 2.51 bits per heavy atom. The summed E-state index contributed by atoms with van der Waals surface area (Å²) in [5, 5.41) is 15.9. The molecule has 2 saturated heterocycles. The van der Waals surface area contributed by atoms with Gasteiger partial charge in [0.2, 0.25) is 0 Å². The Labute approximate surface area is 225 Å². The maximum Gasteiger partial charge on any atom is 0.387 e. The number of pyridine rings is 1. The molecular formula is C28H33F2N5O4. The van der Waals surface area contributed by atoms with Gasteiger partial charge in [-0.25, -0.2) is 14.5 Å². The van der Waals surface area contributed by atoms with E-state index in [-0.39, 0.29) is 17.4 Å². The lowest BCUT2D eigenvalue weighted by Crippen LogP contribution is -2.49. The summed E-state index contributed by atoms with van der Waals surface area (Å²) in [5.41, 5.74) is 3.32. The molecule has 11 heteroatoms. The fraction of sp³-hybridized carbons (Fsp3) is 0.536. The first-order valence-corrected chi connectivity index (χ1v) is 13.7. The summed E-state index contributed by atoms with van der Waals surface area (Å²) in [6.07, 6.45) is 5.06. The molecule has 1 aliphatic carbocycles. The molecule has 1 N–H and O–H groups in total. The van der Waals surface area contributed by atoms with Crippen LogP contribution < -0.4 is 9.64 Å². The number of aromatic nitrogens is 3. The summed E-state index contributed by atoms with van der Waals surface area (Å²) in [6, 6.07) is 6.78. The summed E-state index contributed by atoms with van der Waals surface area (Å²) in [7, 11) is 0. The van der Waals surface area contributed by atoms with Crippen molar-refractivity contribution in [3.63, 3.8) is 0 Å². The number of anilines is 1. The smallest absolute Gasteiger partial charge is 0.387 e. The number of nitrogens with zero attached hydrogens (tertiary/aromatic N) is 5. The van der Waals surface area contributed by atoms with E-state index in [0.29, 0.717) is 22.9 Å². The number of carboxylic acid groups (broad SMARTS) is 1. The molecule has 39 heavy (non-hydrogen) atoms. The van der Waals surface area contributed by atoms with Crippen LogP contribution in [0.3, 0.4) is 0 Å². The number of alkyl halides is 2. The molecule has 208 valence electrons. The highest BCUT2D eigenvalue weighted by Crippen LogP contribution is 2.44. The van der Waals surface area contributed by atoms with Crippen molar-refractivity contribution in [3.05, 3.63) is 41.2 Å². The van der Waals surface area contributed by atoms with Gasteiger partial charge in [0.1, 0.15) is 5.75 Å². The normalized spacial score (nSPS) is 19.5. The zero-order chi connectivity index (χ0) is 27.1. The highest BCUT2D eigenvalue weighted by molar-refractivity contribution is 6.01. The highest BCUT2D eigenvalue weighted by Gasteiger charge is 2.34. The number of benzene rings is 1. The maximum atomic E-state index is 12.9. The predicted molar refractivity (Wildman–Crippen MR) is 141 cm³/mol. The van der Waals surface area contributed by atoms with Crippen molar-refractivity contribution >= 4 is 22.7 Å². The first-order chi connectivity index (χ1) is 18.9. The van der Waals surface area contributed by atoms with E-state index in [1.807, 2.05) is 6.92 Å². The van der Waals surface area contributed by atoms with Crippen LogP contribution in [0.1, 0.15) is 59.8 Å². The Hall–Kier alpha value is -3.31. The Balaban J connectivity index is 1.45. The van der Waals surface area contributed by atoms with Crippen molar-refractivity contribution in [2.45, 2.75) is 57.6 Å². The third kappa shape index (κ3) is 4.93. The molecule has 2 aliphatic heterocycles. The molecule has 9 nitrogen and oxygen atoms in total. The van der Waals surface area contributed by atoms with Crippen LogP contribution >= 0.6 is 0 Å². The van der Waals surface area contributed by atoms with E-state index in [9.17, 15) is 18.7 Å². The Morgan fingerprint density at radius 2 is 1.87 bits per heavy atom. The van der Waals surface area contributed by atoms with Gasteiger partial charge in [0.25, 0.3) is 0 Å². The lowest BCUT2D eigenvalue weighted by molar-refractivity contribution is -0.0498. The average molecular weight is 542 g/mol. The van der Waals surface area contributed by atoms with Crippen LogP contribution in [-0.4, -0.2) is 82.8 Å². The molecule has 0 spiro atoms. The third-order valence-corrected chi connectivity index (χ3v) is 8.38. The van der Waals surface area contributed by atoms with Gasteiger partial charge in [-0.2, -0.15) is 13.9 Å². The number of rotatable bonds is 7. The van der Waals surface area contributed by atoms with E-state index < -0.39 is 12.6 Å². The standard InChI is InChI=1S/C28H33F2N5O4/c1-17-23(27(36)37)31-26-22(25(17)34-10-8-19(9-11-34)33-12-14-38-15-13-33)24(18-4-2-5-18)32-35(26)20-6-3-7-21(16-20)39-28(29)30/h3,6-7,16,18-19,28H,2,4-5,8-15H2,1H3,(H,36,37). The molecule has 0 atom stereocenters. The molecule has 1 aromatic carbocycles. The first-order valence-electron chi connectivity index (χ1n) is 13.7. The minimum absolute atomic E-state index is 0.00678. The van der Waals surface area contributed by atoms with E-state index in [2.05, 4.69) is 19.5 Å². The second-order valence-corrected chi connectivity index (χ2v) is 10.6. The highest BCUT2D eigenvalue weighted by atomic mass is 19.3. The zero-order valence-corrected chi connectivity index (χ0v) is 22.0. The van der Waals surface area contributed by atoms with Crippen molar-refractivity contribution in [1.82, 2.24) is 19.7 Å². The van der Waals surface area contributed by atoms with Gasteiger partial charge in [0.15, 0.2) is 11.3 Å². The quantitative estimate of drug-likeness (QED) is 0.464. The van der Waals surface area contributed by atoms with Crippen LogP contribution in [0.15, 0.2) is 24.3 Å². The summed E-state index contributed by atoms with van der Waals surface area (Å²) in [4.78, 5) is 21.8. The largest absolute Gasteiger partial charge is 0.476 e. The number of ether oxygens (including phenoxy) is 2. The van der Waals surface area contributed by atoms with Crippen LogP contribution in [-0.2, 0) is 4.74 Å². The van der Waals surface area contributed by atoms with E-state index in [4.69, 9.17) is 9.84 Å². The number of hydrogen-bond donors (Lipinski definition) is 1. The summed E-state index contributed by atoms with van der Waals surface area (Å²) < 4.78 is 37.6. The van der Waals surface area contributed by atoms with E-state index >= 15 is 0 Å². The molecule has 0 unspecified atom stereocenters. The Morgan fingerprint density at radius 1 is 1.13 bits per heavy atom. The fourth-order valence-electron chi connectivity index (χ4n) is 6.19. The molecule has 2 aromatic heterocycles. The zero-order valence-electron chi connectivity index (χ0n) is 22.0. The minimum atomic E-state index is -2.95. The number of fused-ring (bicyclic) bond motifs is 1. The lowest BCUT2D eigenvalue weighted by Gasteiger charge is -2.41. The van der Waals surface area contributed by atoms with Crippen LogP contribution in [0.4, 0.5) is 14.5 Å². The fourth-order valence-corrected chi connectivity index (χ4v) is 6.19. The molecule has 1 saturated carbocycles. The van der Waals surface area contributed by atoms with Crippen molar-refractivity contribution in [2.75, 3.05) is 44.3 Å². The van der Waals surface area contributed by atoms with Gasteiger partial charge >= 0.3 is 12.6 Å². The van der Waals surface area contributed by atoms with Gasteiger partial charge in [-0.3, -0.25) is 4.90 Å². The Kier molecular flexibility index (Phi) is 7.11. The minimum Gasteiger partial charge on any atom is -0.476 e. The molecule has 3 fully saturated rings. The topological polar surface area (TPSA) is 92.9 Å². The van der Waals surface area contributed by atoms with Gasteiger partial charge in [0.05, 0.1) is 35.7 Å². The van der Waals surface area contributed by atoms with Crippen LogP contribution in [0.2, 0.25) is 0 Å². The first kappa shape index (κ1) is 25.9. The van der Waals surface area contributed by atoms with E-state index in [1.54, 1.807) is 16.8 Å². The monoisotopic (exact) mass is 541 g/mol. The third-order valence-electron chi connectivity index (χ3n) is 8.38. The number of piperidine rings is 1. The second kappa shape index (κ2) is 10.7. The Bertz CT molecular complexity index is 1360. The van der Waals surface area contributed by atoms with E-state index in [0.717, 1.165) is 88.3 Å². The molecule has 3 aromatic rings. The predicted octanol–water partition coefficient (Wildman–Crippen LogP) is 4.60. The lowest BCUT2D eigenvalue weighted by atomic mass is 9.81. The van der Waals surface area contributed by atoms with E-state index in [1.165, 1.54) is 12.1 Å². The molecule has 0 radical (unpaired) electrons. The van der Waals surface area contributed by atoms with Crippen molar-refractivity contribution in [1.29, 1.82) is 0 Å². The molecule has 6 rings (SSSR count). The molecule has 3 aliphatic rings. The number of carboxylic acids is 1. The van der Waals surface area contributed by atoms with Crippen molar-refractivity contribution in [2.24, 2.45) is 0 Å². The molecule has 4 heterocycles. The number of carbonyl (C=O) groups is 1. The van der Waals surface area contributed by atoms with Gasteiger partial charge in [-0.1, -0.05) is 12.5 Å². The van der Waals surface area contributed by atoms with Crippen molar-refractivity contribution < 1.29 is 28.2 Å². The van der Waals surface area contributed by atoms with Gasteiger partial charge in [-0.05, 0) is 44.7 Å². The SMILES string of the molecule is Cc1c(C(=O)O)nc2c(c(C3CCC3)nn2-c2cccc(OC(F)F)c2)c1N1CCC(N2CCOCC2)CC1. The number of aromatic carboxylic acids is 1. The van der Waals surface area contributed by atoms with Crippen LogP contribution in [0, 0.1) is 6.92 Å². The molecular weight excluding hydrogens is 508 g/mol. The van der Waals surface area contributed by atoms with Crippen LogP contribution in [0.5, 0.6) is 5.75 Å². The summed E-state index contributed by atoms with van der Waals surface area (Å²) in [6.45, 7) is 3.89. The van der Waals surface area contributed by atoms with Crippen LogP contribution in [0.25, 0.3) is 16.7 Å². The number of hydrogen-bond acceptors (Lipinski definition) is 7. The second-order valence-electron chi connectivity index (χ2n) is 10.6. The molecule has 0 amide bonds. The summed E-state index contributed by atoms with van der Waals surface area (Å²) in [5.74, 6) is -0.852. The maximum absolute atomic E-state index is 12.9. The van der Waals surface area contributed by atoms with Gasteiger partial charge in [-0.15, -0.1) is 0 Å².